The number of carboxylic acids is 1. The van der Waals surface area contributed by atoms with Crippen LogP contribution in [0.2, 0.25) is 0 Å². The van der Waals surface area contributed by atoms with Crippen LogP contribution in [0.15, 0.2) is 54.9 Å². The number of carbonyl (C=O) groups is 3. The zero-order chi connectivity index (χ0) is 39.3. The maximum Gasteiger partial charge on any atom is 0.403 e. The summed E-state index contributed by atoms with van der Waals surface area (Å²) in [6.45, 7) is 0.645. The van der Waals surface area contributed by atoms with Gasteiger partial charge in [-0.05, 0) is 78.8 Å². The van der Waals surface area contributed by atoms with Crippen LogP contribution in [0.1, 0.15) is 77.1 Å². The number of alkyl halides is 6. The molecule has 3 heterocycles. The van der Waals surface area contributed by atoms with E-state index in [0.717, 1.165) is 5.56 Å². The van der Waals surface area contributed by atoms with E-state index in [4.69, 9.17) is 4.74 Å². The van der Waals surface area contributed by atoms with E-state index in [2.05, 4.69) is 5.10 Å². The number of nitrogens with zero attached hydrogens (tertiary/aromatic N) is 4. The van der Waals surface area contributed by atoms with Gasteiger partial charge in [-0.25, -0.2) is 4.39 Å². The van der Waals surface area contributed by atoms with Crippen LogP contribution in [0.4, 0.5) is 30.7 Å². The lowest BCUT2D eigenvalue weighted by atomic mass is 9.71. The molecule has 3 aromatic rings. The van der Waals surface area contributed by atoms with E-state index in [9.17, 15) is 50.2 Å². The third kappa shape index (κ3) is 7.83. The van der Waals surface area contributed by atoms with Crippen LogP contribution in [0.25, 0.3) is 0 Å². The largest absolute Gasteiger partial charge is 0.481 e. The summed E-state index contributed by atoms with van der Waals surface area (Å²) in [6.07, 6.45) is -6.40. The van der Waals surface area contributed by atoms with Gasteiger partial charge < -0.3 is 19.6 Å². The van der Waals surface area contributed by atoms with Crippen molar-refractivity contribution >= 4 is 17.8 Å². The number of aliphatic carboxylic acids is 1. The minimum atomic E-state index is -4.67. The number of hydrogen-bond donors (Lipinski definition) is 1. The zero-order valence-corrected chi connectivity index (χ0v) is 29.8. The Morgan fingerprint density at radius 1 is 0.909 bits per heavy atom. The smallest absolute Gasteiger partial charge is 0.403 e. The molecule has 2 saturated carbocycles. The van der Waals surface area contributed by atoms with E-state index in [0.29, 0.717) is 16.7 Å². The lowest BCUT2D eigenvalue weighted by molar-refractivity contribution is -0.205. The molecule has 0 radical (unpaired) electrons. The van der Waals surface area contributed by atoms with Crippen LogP contribution in [-0.4, -0.2) is 87.6 Å². The minimum Gasteiger partial charge on any atom is -0.481 e. The number of ether oxygens (including phenoxy) is 1. The van der Waals surface area contributed by atoms with Gasteiger partial charge in [0.25, 0.3) is 5.91 Å². The first kappa shape index (κ1) is 38.8. The Morgan fingerprint density at radius 2 is 1.58 bits per heavy atom. The molecule has 1 atom stereocenters. The van der Waals surface area contributed by atoms with Crippen molar-refractivity contribution in [3.8, 4) is 0 Å². The molecule has 1 N–H and O–H groups in total. The van der Waals surface area contributed by atoms with Gasteiger partial charge in [0.1, 0.15) is 11.2 Å². The molecule has 0 unspecified atom stereocenters. The fourth-order valence-corrected chi connectivity index (χ4v) is 8.78. The number of amides is 2. The van der Waals surface area contributed by atoms with Gasteiger partial charge in [-0.15, -0.1) is 0 Å². The van der Waals surface area contributed by atoms with Gasteiger partial charge in [-0.1, -0.05) is 30.3 Å². The van der Waals surface area contributed by atoms with Crippen molar-refractivity contribution in [3.63, 3.8) is 0 Å². The van der Waals surface area contributed by atoms with Crippen molar-refractivity contribution in [2.75, 3.05) is 32.8 Å². The predicted molar refractivity (Wildman–Crippen MR) is 182 cm³/mol. The van der Waals surface area contributed by atoms with Gasteiger partial charge >= 0.3 is 18.3 Å². The Kier molecular flexibility index (Phi) is 10.3. The second kappa shape index (κ2) is 14.6. The SMILES string of the molecule is O=C(O)Cc1c(COC[C@@H]2CN(C(=O)c3cnn(Cc4ccc(F)cc4)c3)CC23CN(C(=O)C2(C(F)(F)F)CC2)C3)cccc1C1CCC(C(F)(F)F)CC1. The molecule has 2 aliphatic carbocycles. The first-order valence-corrected chi connectivity index (χ1v) is 18.4. The summed E-state index contributed by atoms with van der Waals surface area (Å²) < 4.78 is 103. The van der Waals surface area contributed by atoms with Crippen molar-refractivity contribution in [2.45, 2.75) is 76.4 Å². The normalized spacial score (nSPS) is 23.1. The highest BCUT2D eigenvalue weighted by atomic mass is 19.4. The Morgan fingerprint density at radius 3 is 2.20 bits per heavy atom. The van der Waals surface area contributed by atoms with Gasteiger partial charge in [0.05, 0.1) is 43.9 Å². The lowest BCUT2D eigenvalue weighted by Gasteiger charge is -2.51. The van der Waals surface area contributed by atoms with Crippen molar-refractivity contribution in [1.29, 1.82) is 0 Å². The Hall–Kier alpha value is -4.47. The van der Waals surface area contributed by atoms with E-state index in [1.807, 2.05) is 0 Å². The standard InChI is InChI=1S/C39H41F7N4O5/c40-30-10-4-24(5-11-30)16-50-17-27(15-47-50)34(53)48-18-29(36(21-48)22-49(23-36)35(54)37(12-13-37)39(44,45)46)20-55-19-26-2-1-3-31(32(26)14-33(51)52)25-6-8-28(9-7-25)38(41,42)43/h1-5,10-11,15,17,25,28-29H,6-9,12-14,16,18-23H2,(H,51,52)/t25?,28?,29-/m0/s1. The first-order chi connectivity index (χ1) is 26.0. The molecule has 4 aliphatic rings. The molecule has 16 heteroatoms. The Bertz CT molecular complexity index is 1910. The van der Waals surface area contributed by atoms with Crippen LogP contribution in [0.3, 0.4) is 0 Å². The van der Waals surface area contributed by atoms with Crippen molar-refractivity contribution < 1.29 is 55.0 Å². The number of rotatable bonds is 11. The van der Waals surface area contributed by atoms with Gasteiger partial charge in [0.2, 0.25) is 5.91 Å². The van der Waals surface area contributed by atoms with Crippen LogP contribution < -0.4 is 0 Å². The predicted octanol–water partition coefficient (Wildman–Crippen LogP) is 6.99. The van der Waals surface area contributed by atoms with E-state index in [1.165, 1.54) is 27.9 Å². The number of carboxylic acid groups (broad SMARTS) is 1. The molecule has 7 rings (SSSR count). The van der Waals surface area contributed by atoms with E-state index in [-0.39, 0.29) is 120 Å². The maximum atomic E-state index is 13.8. The van der Waals surface area contributed by atoms with Crippen LogP contribution >= 0.6 is 0 Å². The van der Waals surface area contributed by atoms with E-state index >= 15 is 0 Å². The molecule has 2 saturated heterocycles. The molecule has 1 aromatic heterocycles. The Labute approximate surface area is 312 Å². The third-order valence-corrected chi connectivity index (χ3v) is 12.1. The summed E-state index contributed by atoms with van der Waals surface area (Å²) in [7, 11) is 0. The number of carbonyl (C=O) groups excluding carboxylic acids is 2. The average molecular weight is 779 g/mol. The molecule has 2 aliphatic heterocycles. The number of likely N-dealkylation sites (tertiary alicyclic amines) is 2. The van der Waals surface area contributed by atoms with Gasteiger partial charge in [-0.2, -0.15) is 31.4 Å². The minimum absolute atomic E-state index is 0.00560. The molecule has 2 amide bonds. The zero-order valence-electron chi connectivity index (χ0n) is 29.8. The second-order valence-electron chi connectivity index (χ2n) is 15.7. The number of benzene rings is 2. The molecule has 1 spiro atoms. The molecule has 9 nitrogen and oxygen atoms in total. The maximum absolute atomic E-state index is 13.8. The molecule has 296 valence electrons. The highest BCUT2D eigenvalue weighted by molar-refractivity contribution is 5.94. The molecule has 55 heavy (non-hydrogen) atoms. The molecular formula is C39H41F7N4O5. The van der Waals surface area contributed by atoms with E-state index < -0.39 is 41.0 Å². The van der Waals surface area contributed by atoms with Crippen LogP contribution in [0.5, 0.6) is 0 Å². The average Bonchev–Trinajstić information content (AvgIpc) is 3.68. The van der Waals surface area contributed by atoms with Crippen molar-refractivity contribution in [1.82, 2.24) is 19.6 Å². The highest BCUT2D eigenvalue weighted by Gasteiger charge is 2.71. The van der Waals surface area contributed by atoms with Crippen molar-refractivity contribution in [2.24, 2.45) is 22.7 Å². The monoisotopic (exact) mass is 778 g/mol. The first-order valence-electron chi connectivity index (χ1n) is 18.4. The summed E-state index contributed by atoms with van der Waals surface area (Å²) in [4.78, 5) is 41.7. The summed E-state index contributed by atoms with van der Waals surface area (Å²) in [5.41, 5.74) is -0.338. The van der Waals surface area contributed by atoms with Gasteiger partial charge in [0.15, 0.2) is 0 Å². The van der Waals surface area contributed by atoms with Crippen molar-refractivity contribution in [3.05, 3.63) is 88.5 Å². The number of hydrogen-bond acceptors (Lipinski definition) is 5. The molecule has 2 aromatic carbocycles. The quantitative estimate of drug-likeness (QED) is 0.211. The highest BCUT2D eigenvalue weighted by Crippen LogP contribution is 2.60. The molecular weight excluding hydrogens is 737 g/mol. The molecule has 0 bridgehead atoms. The Balaban J connectivity index is 1.06. The summed E-state index contributed by atoms with van der Waals surface area (Å²) in [5.74, 6) is -4.83. The second-order valence-corrected chi connectivity index (χ2v) is 15.7. The van der Waals surface area contributed by atoms with Gasteiger partial charge in [-0.3, -0.25) is 19.1 Å². The number of halogens is 7. The molecule has 4 fully saturated rings. The fourth-order valence-electron chi connectivity index (χ4n) is 8.78. The fraction of sp³-hybridized carbons (Fsp3) is 0.538. The van der Waals surface area contributed by atoms with Crippen LogP contribution in [-0.2, 0) is 33.9 Å². The lowest BCUT2D eigenvalue weighted by Crippen LogP contribution is -2.65. The van der Waals surface area contributed by atoms with E-state index in [1.54, 1.807) is 41.4 Å². The summed E-state index contributed by atoms with van der Waals surface area (Å²) >= 11 is 0. The van der Waals surface area contributed by atoms with Crippen LogP contribution in [0, 0.1) is 28.5 Å². The topological polar surface area (TPSA) is 105 Å². The summed E-state index contributed by atoms with van der Waals surface area (Å²) in [5, 5.41) is 14.0. The third-order valence-electron chi connectivity index (χ3n) is 12.1. The number of aromatic nitrogens is 2. The summed E-state index contributed by atoms with van der Waals surface area (Å²) in [6, 6.07) is 11.0. The van der Waals surface area contributed by atoms with Gasteiger partial charge in [0, 0.05) is 43.7 Å².